The zero-order valence-corrected chi connectivity index (χ0v) is 19.4. The number of amides is 4. The molecule has 3 aromatic heterocycles. The highest BCUT2D eigenvalue weighted by Crippen LogP contribution is 2.29. The Labute approximate surface area is 199 Å². The van der Waals surface area contributed by atoms with Crippen molar-refractivity contribution >= 4 is 45.9 Å². The number of hydrogen-bond acceptors (Lipinski definition) is 6. The van der Waals surface area contributed by atoms with Gasteiger partial charge in [0.1, 0.15) is 0 Å². The van der Waals surface area contributed by atoms with Crippen LogP contribution in [-0.2, 0) is 11.3 Å². The van der Waals surface area contributed by atoms with E-state index >= 15 is 0 Å². The van der Waals surface area contributed by atoms with Gasteiger partial charge < -0.3 is 10.6 Å². The summed E-state index contributed by atoms with van der Waals surface area (Å²) in [5.74, 6) is -0.567. The van der Waals surface area contributed by atoms with E-state index in [1.165, 1.54) is 0 Å². The smallest absolute Gasteiger partial charge is 0.324 e. The highest BCUT2D eigenvalue weighted by atomic mass is 32.1. The molecule has 4 heterocycles. The van der Waals surface area contributed by atoms with Gasteiger partial charge in [-0.05, 0) is 49.1 Å². The Hall–Kier alpha value is -4.05. The van der Waals surface area contributed by atoms with Crippen LogP contribution in [0, 0.1) is 0 Å². The van der Waals surface area contributed by atoms with Crippen molar-refractivity contribution in [3.8, 4) is 10.6 Å². The minimum absolute atomic E-state index is 0.00390. The van der Waals surface area contributed by atoms with Crippen LogP contribution in [0.4, 0.5) is 10.5 Å². The van der Waals surface area contributed by atoms with E-state index in [1.807, 2.05) is 36.0 Å². The number of rotatable bonds is 6. The second-order valence-electron chi connectivity index (χ2n) is 8.25. The zero-order valence-electron chi connectivity index (χ0n) is 18.6. The van der Waals surface area contributed by atoms with E-state index in [4.69, 9.17) is 4.98 Å². The lowest BCUT2D eigenvalue weighted by atomic mass is 10.1. The number of aromatic nitrogens is 3. The number of carbonyl (C=O) groups excluding carboxylic acids is 3. The molecule has 1 aromatic carbocycles. The van der Waals surface area contributed by atoms with Crippen LogP contribution in [0.1, 0.15) is 35.8 Å². The van der Waals surface area contributed by atoms with Crippen LogP contribution in [0.2, 0.25) is 0 Å². The predicted octanol–water partition coefficient (Wildman–Crippen LogP) is 4.04. The Morgan fingerprint density at radius 2 is 2.06 bits per heavy atom. The molecule has 1 fully saturated rings. The summed E-state index contributed by atoms with van der Waals surface area (Å²) in [7, 11) is 0. The molecule has 5 rings (SSSR count). The fourth-order valence-electron chi connectivity index (χ4n) is 3.88. The molecule has 9 nitrogen and oxygen atoms in total. The molecule has 0 spiro atoms. The molecule has 0 bridgehead atoms. The Balaban J connectivity index is 1.47. The van der Waals surface area contributed by atoms with Crippen molar-refractivity contribution < 1.29 is 14.4 Å². The number of benzene rings is 1. The van der Waals surface area contributed by atoms with E-state index in [9.17, 15) is 14.4 Å². The Morgan fingerprint density at radius 3 is 2.76 bits per heavy atom. The summed E-state index contributed by atoms with van der Waals surface area (Å²) in [6.07, 6.45) is 1.67. The van der Waals surface area contributed by atoms with Gasteiger partial charge in [0.15, 0.2) is 5.65 Å². The van der Waals surface area contributed by atoms with Crippen molar-refractivity contribution in [2.24, 2.45) is 0 Å². The number of fused-ring (bicyclic) bond motifs is 1. The van der Waals surface area contributed by atoms with Crippen LogP contribution in [0.15, 0.2) is 54.0 Å². The number of urea groups is 1. The highest BCUT2D eigenvalue weighted by Gasteiger charge is 2.28. The van der Waals surface area contributed by atoms with Gasteiger partial charge in [0.25, 0.3) is 5.91 Å². The summed E-state index contributed by atoms with van der Waals surface area (Å²) in [5.41, 5.74) is 3.13. The molecular formula is C24H22N6O3S. The lowest BCUT2D eigenvalue weighted by Gasteiger charge is -2.14. The van der Waals surface area contributed by atoms with Crippen LogP contribution in [-0.4, -0.2) is 44.1 Å². The third-order valence-electron chi connectivity index (χ3n) is 5.54. The number of hydrogen-bond donors (Lipinski definition) is 2. The standard InChI is InChI=1S/C24H22N6O3S/c1-14(2)30-22-18(11-26-30)17(10-19(28-22)20-7-4-8-34-20)23(32)27-16-6-3-5-15(9-16)13-29-21(31)12-25-24(29)33/h3-11,14H,12-13H2,1-2H3,(H,25,33)(H,27,32). The normalized spacial score (nSPS) is 13.7. The molecule has 1 aliphatic heterocycles. The van der Waals surface area contributed by atoms with E-state index in [0.29, 0.717) is 28.0 Å². The molecule has 0 radical (unpaired) electrons. The van der Waals surface area contributed by atoms with Crippen molar-refractivity contribution in [3.05, 3.63) is 65.2 Å². The minimum Gasteiger partial charge on any atom is -0.329 e. The van der Waals surface area contributed by atoms with Gasteiger partial charge in [-0.1, -0.05) is 18.2 Å². The molecule has 0 atom stereocenters. The largest absolute Gasteiger partial charge is 0.329 e. The van der Waals surface area contributed by atoms with E-state index < -0.39 is 6.03 Å². The van der Waals surface area contributed by atoms with Crippen molar-refractivity contribution in [2.45, 2.75) is 26.4 Å². The van der Waals surface area contributed by atoms with Gasteiger partial charge in [0.05, 0.1) is 40.8 Å². The van der Waals surface area contributed by atoms with Gasteiger partial charge in [-0.15, -0.1) is 11.3 Å². The van der Waals surface area contributed by atoms with E-state index in [0.717, 1.165) is 15.3 Å². The third kappa shape index (κ3) is 4.03. The van der Waals surface area contributed by atoms with Crippen LogP contribution < -0.4 is 10.6 Å². The molecule has 0 aliphatic carbocycles. The predicted molar refractivity (Wildman–Crippen MR) is 130 cm³/mol. The second-order valence-corrected chi connectivity index (χ2v) is 9.19. The maximum atomic E-state index is 13.4. The number of imide groups is 1. The average Bonchev–Trinajstić information content (AvgIpc) is 3.56. The van der Waals surface area contributed by atoms with Gasteiger partial charge >= 0.3 is 6.03 Å². The van der Waals surface area contributed by atoms with Gasteiger partial charge in [0, 0.05) is 11.7 Å². The second kappa shape index (κ2) is 8.71. The molecule has 1 saturated heterocycles. The molecule has 4 amide bonds. The third-order valence-corrected chi connectivity index (χ3v) is 6.43. The number of nitrogens with one attached hydrogen (secondary N) is 2. The summed E-state index contributed by atoms with van der Waals surface area (Å²) in [6, 6.07) is 12.5. The molecular weight excluding hydrogens is 452 g/mol. The quantitative estimate of drug-likeness (QED) is 0.410. The fraction of sp³-hybridized carbons (Fsp3) is 0.208. The first-order valence-corrected chi connectivity index (χ1v) is 11.7. The molecule has 2 N–H and O–H groups in total. The molecule has 10 heteroatoms. The maximum Gasteiger partial charge on any atom is 0.324 e. The van der Waals surface area contributed by atoms with Crippen molar-refractivity contribution in [1.29, 1.82) is 0 Å². The van der Waals surface area contributed by atoms with Gasteiger partial charge in [-0.25, -0.2) is 14.5 Å². The highest BCUT2D eigenvalue weighted by molar-refractivity contribution is 7.13. The molecule has 172 valence electrons. The monoisotopic (exact) mass is 474 g/mol. The number of carbonyl (C=O) groups is 3. The first-order chi connectivity index (χ1) is 16.4. The Morgan fingerprint density at radius 1 is 1.21 bits per heavy atom. The topological polar surface area (TPSA) is 109 Å². The van der Waals surface area contributed by atoms with Crippen molar-refractivity contribution in [2.75, 3.05) is 11.9 Å². The van der Waals surface area contributed by atoms with Crippen LogP contribution in [0.5, 0.6) is 0 Å². The number of anilines is 1. The fourth-order valence-corrected chi connectivity index (χ4v) is 4.56. The van der Waals surface area contributed by atoms with E-state index in [-0.39, 0.29) is 30.9 Å². The molecule has 34 heavy (non-hydrogen) atoms. The van der Waals surface area contributed by atoms with E-state index in [1.54, 1.807) is 47.9 Å². The molecule has 1 aliphatic rings. The summed E-state index contributed by atoms with van der Waals surface area (Å²) in [6.45, 7) is 4.17. The van der Waals surface area contributed by atoms with Crippen LogP contribution in [0.3, 0.4) is 0 Å². The summed E-state index contributed by atoms with van der Waals surface area (Å²) in [4.78, 5) is 44.0. The molecule has 0 saturated carbocycles. The van der Waals surface area contributed by atoms with Gasteiger partial charge in [-0.2, -0.15) is 5.10 Å². The molecule has 0 unspecified atom stereocenters. The van der Waals surface area contributed by atoms with Crippen LogP contribution >= 0.6 is 11.3 Å². The summed E-state index contributed by atoms with van der Waals surface area (Å²) in [5, 5.41) is 12.5. The summed E-state index contributed by atoms with van der Waals surface area (Å²) < 4.78 is 1.81. The summed E-state index contributed by atoms with van der Waals surface area (Å²) >= 11 is 1.55. The lowest BCUT2D eigenvalue weighted by molar-refractivity contribution is -0.125. The number of thiophene rings is 1. The Kier molecular flexibility index (Phi) is 5.58. The molecule has 4 aromatic rings. The van der Waals surface area contributed by atoms with Crippen molar-refractivity contribution in [3.63, 3.8) is 0 Å². The minimum atomic E-state index is -0.415. The number of pyridine rings is 1. The lowest BCUT2D eigenvalue weighted by Crippen LogP contribution is -2.30. The van der Waals surface area contributed by atoms with E-state index in [2.05, 4.69) is 15.7 Å². The first kappa shape index (κ1) is 21.8. The number of nitrogens with zero attached hydrogens (tertiary/aromatic N) is 4. The average molecular weight is 475 g/mol. The maximum absolute atomic E-state index is 13.4. The van der Waals surface area contributed by atoms with Crippen LogP contribution in [0.25, 0.3) is 21.6 Å². The van der Waals surface area contributed by atoms with Gasteiger partial charge in [0.2, 0.25) is 5.91 Å². The van der Waals surface area contributed by atoms with Crippen molar-refractivity contribution in [1.82, 2.24) is 25.0 Å². The zero-order chi connectivity index (χ0) is 23.8. The first-order valence-electron chi connectivity index (χ1n) is 10.8. The Bertz CT molecular complexity index is 1390. The SMILES string of the molecule is CC(C)n1ncc2c(C(=O)Nc3cccc(CN4C(=O)CNC4=O)c3)cc(-c3cccs3)nc21. The van der Waals surface area contributed by atoms with Gasteiger partial charge in [-0.3, -0.25) is 14.5 Å².